The first kappa shape index (κ1) is 41.7. The fourth-order valence-electron chi connectivity index (χ4n) is 12.3. The van der Waals surface area contributed by atoms with Crippen molar-refractivity contribution in [3.05, 3.63) is 83.3 Å². The smallest absolute Gasteiger partial charge is 0.407 e. The van der Waals surface area contributed by atoms with Gasteiger partial charge >= 0.3 is 12.2 Å². The summed E-state index contributed by atoms with van der Waals surface area (Å²) in [6, 6.07) is 18.9. The van der Waals surface area contributed by atoms with Gasteiger partial charge in [0.1, 0.15) is 17.9 Å². The van der Waals surface area contributed by atoms with E-state index in [4.69, 9.17) is 19.5 Å². The molecule has 3 aromatic carbocycles. The van der Waals surface area contributed by atoms with Gasteiger partial charge in [0.15, 0.2) is 0 Å². The number of likely N-dealkylation sites (tertiary alicyclic amines) is 2. The molecular formula is C52H59N7O6. The number of carbonyl (C=O) groups is 4. The number of nitrogens with one attached hydrogen (secondary N) is 3. The second-order valence-electron chi connectivity index (χ2n) is 20.7. The van der Waals surface area contributed by atoms with Gasteiger partial charge in [0.25, 0.3) is 0 Å². The lowest BCUT2D eigenvalue weighted by Crippen LogP contribution is -2.57. The number of aromatic amines is 1. The Morgan fingerprint density at radius 2 is 1.42 bits per heavy atom. The largest absolute Gasteiger partial charge is 0.453 e. The van der Waals surface area contributed by atoms with E-state index in [-0.39, 0.29) is 52.6 Å². The minimum Gasteiger partial charge on any atom is -0.453 e. The molecule has 3 saturated carbocycles. The standard InChI is InChI=1S/C52H59N7O6/c1-27(2)43(56-49(62)64-5)47(60)58-26-51(15-16-51)24-42(58)46-53-25-41(55-46)31-9-13-36-35-12-8-30(21-37(35)52(17-18-52)38(36)22-31)29-10-14-39-33(19-29)23-40(54-39)45-32-7-11-34(20-32)59(45)48(61)44(28(3)4)57-50(63)65-6/h8-10,12-14,19,21-22,25,27-28,32,34,42-45H,7,11,15-18,20,23-24,26H2,1-6H3,(H,53,55)(H,56,62)(H,57,63)/t32-,34+,42-,43?,44-,45-/m0/s1. The summed E-state index contributed by atoms with van der Waals surface area (Å²) in [6.45, 7) is 8.47. The van der Waals surface area contributed by atoms with Crippen molar-refractivity contribution in [2.75, 3.05) is 20.8 Å². The van der Waals surface area contributed by atoms with Crippen molar-refractivity contribution < 1.29 is 28.7 Å². The molecule has 13 nitrogen and oxygen atoms in total. The Balaban J connectivity index is 0.821. The quantitative estimate of drug-likeness (QED) is 0.144. The second-order valence-corrected chi connectivity index (χ2v) is 20.7. The van der Waals surface area contributed by atoms with Gasteiger partial charge in [-0.3, -0.25) is 14.6 Å². The molecule has 3 aliphatic heterocycles. The number of carbonyl (C=O) groups excluding carboxylic acids is 4. The summed E-state index contributed by atoms with van der Waals surface area (Å²) in [6.07, 6.45) is 9.70. The number of ether oxygens (including phenoxy) is 2. The summed E-state index contributed by atoms with van der Waals surface area (Å²) in [5.41, 5.74) is 13.0. The third kappa shape index (κ3) is 6.85. The van der Waals surface area contributed by atoms with Gasteiger partial charge in [-0.25, -0.2) is 14.6 Å². The second kappa shape index (κ2) is 15.3. The molecule has 338 valence electrons. The normalized spacial score (nSPS) is 24.2. The zero-order chi connectivity index (χ0) is 45.1. The van der Waals surface area contributed by atoms with E-state index in [1.165, 1.54) is 47.6 Å². The zero-order valence-electron chi connectivity index (χ0n) is 38.2. The van der Waals surface area contributed by atoms with E-state index in [0.717, 1.165) is 85.4 Å². The zero-order valence-corrected chi connectivity index (χ0v) is 38.2. The van der Waals surface area contributed by atoms with Crippen LogP contribution in [0.2, 0.25) is 0 Å². The number of fused-ring (bicyclic) bond motifs is 8. The summed E-state index contributed by atoms with van der Waals surface area (Å²) in [4.78, 5) is 70.4. The minimum absolute atomic E-state index is 0.0214. The maximum Gasteiger partial charge on any atom is 0.407 e. The highest BCUT2D eigenvalue weighted by molar-refractivity contribution is 6.02. The predicted molar refractivity (Wildman–Crippen MR) is 247 cm³/mol. The van der Waals surface area contributed by atoms with Gasteiger partial charge in [0, 0.05) is 30.1 Å². The fourth-order valence-corrected chi connectivity index (χ4v) is 12.3. The van der Waals surface area contributed by atoms with Crippen molar-refractivity contribution in [3.63, 3.8) is 0 Å². The molecule has 4 heterocycles. The number of aliphatic imine (C=N–C) groups is 1. The molecule has 1 unspecified atom stereocenters. The van der Waals surface area contributed by atoms with Crippen molar-refractivity contribution in [1.29, 1.82) is 0 Å². The molecule has 4 aromatic rings. The summed E-state index contributed by atoms with van der Waals surface area (Å²) < 4.78 is 9.74. The number of benzene rings is 3. The van der Waals surface area contributed by atoms with Crippen LogP contribution in [0, 0.1) is 23.2 Å². The summed E-state index contributed by atoms with van der Waals surface area (Å²) in [5, 5.41) is 5.59. The molecule has 2 saturated heterocycles. The van der Waals surface area contributed by atoms with E-state index in [2.05, 4.69) is 75.1 Å². The van der Waals surface area contributed by atoms with Crippen LogP contribution < -0.4 is 10.6 Å². The van der Waals surface area contributed by atoms with Crippen molar-refractivity contribution in [3.8, 4) is 33.5 Å². The van der Waals surface area contributed by atoms with Crippen LogP contribution in [0.15, 0.2) is 65.8 Å². The lowest BCUT2D eigenvalue weighted by atomic mass is 9.89. The number of rotatable bonds is 10. The predicted octanol–water partition coefficient (Wildman–Crippen LogP) is 8.63. The number of piperidine rings is 1. The Kier molecular flexibility index (Phi) is 9.82. The van der Waals surface area contributed by atoms with Crippen LogP contribution >= 0.6 is 0 Å². The van der Waals surface area contributed by atoms with Crippen molar-refractivity contribution in [2.45, 2.75) is 121 Å². The Bertz CT molecular complexity index is 2680. The monoisotopic (exact) mass is 877 g/mol. The van der Waals surface area contributed by atoms with Crippen molar-refractivity contribution >= 4 is 35.4 Å². The van der Waals surface area contributed by atoms with E-state index >= 15 is 0 Å². The van der Waals surface area contributed by atoms with Crippen molar-refractivity contribution in [2.24, 2.45) is 28.2 Å². The highest BCUT2D eigenvalue weighted by atomic mass is 16.5. The Hall–Kier alpha value is -5.98. The molecule has 65 heavy (non-hydrogen) atoms. The number of hydrogen-bond donors (Lipinski definition) is 3. The van der Waals surface area contributed by atoms with Crippen LogP contribution in [0.5, 0.6) is 0 Å². The first-order valence-corrected chi connectivity index (χ1v) is 23.7. The molecule has 11 rings (SSSR count). The number of H-pyrrole nitrogens is 1. The van der Waals surface area contributed by atoms with Crippen LogP contribution in [-0.4, -0.2) is 94.4 Å². The van der Waals surface area contributed by atoms with Gasteiger partial charge < -0.3 is 34.9 Å². The van der Waals surface area contributed by atoms with Gasteiger partial charge in [0.2, 0.25) is 11.8 Å². The third-order valence-corrected chi connectivity index (χ3v) is 16.1. The molecular weight excluding hydrogens is 819 g/mol. The first-order valence-electron chi connectivity index (χ1n) is 23.7. The summed E-state index contributed by atoms with van der Waals surface area (Å²) in [5.74, 6) is 0.834. The lowest BCUT2D eigenvalue weighted by molar-refractivity contribution is -0.137. The SMILES string of the molecule is COC(=O)NC(C(=O)N1CC2(CC2)C[C@H]1c1ncc(-c2ccc3c(c2)C2(CC2)c2cc(-c4ccc5c(c4)CC([C@@H]4[C@H]6CC[C@H](C6)N4C(=O)[C@@H](NC(=O)OC)C(C)C)=N5)ccc2-3)[nH]1)C(C)C. The first-order chi connectivity index (χ1) is 31.3. The molecule has 2 bridgehead atoms. The van der Waals surface area contributed by atoms with Crippen LogP contribution in [0.1, 0.15) is 108 Å². The molecule has 6 atom stereocenters. The van der Waals surface area contributed by atoms with Gasteiger partial charge in [-0.05, 0) is 143 Å². The fraction of sp³-hybridized carbons (Fsp3) is 0.500. The van der Waals surface area contributed by atoms with E-state index < -0.39 is 24.3 Å². The van der Waals surface area contributed by atoms with Crippen LogP contribution in [0.4, 0.5) is 15.3 Å². The van der Waals surface area contributed by atoms with E-state index in [1.54, 1.807) is 0 Å². The average Bonchev–Trinajstić information content (AvgIpc) is 3.74. The molecule has 0 radical (unpaired) electrons. The molecule has 1 aromatic heterocycles. The number of methoxy groups -OCH3 is 2. The summed E-state index contributed by atoms with van der Waals surface area (Å²) >= 11 is 0. The number of amides is 4. The van der Waals surface area contributed by atoms with E-state index in [0.29, 0.717) is 18.9 Å². The van der Waals surface area contributed by atoms with Gasteiger partial charge in [0.05, 0.1) is 43.9 Å². The highest BCUT2D eigenvalue weighted by Crippen LogP contribution is 2.64. The Morgan fingerprint density at radius 3 is 2.06 bits per heavy atom. The van der Waals surface area contributed by atoms with Crippen LogP contribution in [0.3, 0.4) is 0 Å². The van der Waals surface area contributed by atoms with E-state index in [1.807, 2.05) is 38.8 Å². The van der Waals surface area contributed by atoms with Crippen LogP contribution in [0.25, 0.3) is 33.5 Å². The van der Waals surface area contributed by atoms with E-state index in [9.17, 15) is 19.2 Å². The number of alkyl carbamates (subject to hydrolysis) is 2. The molecule has 3 N–H and O–H groups in total. The molecule has 4 aliphatic carbocycles. The van der Waals surface area contributed by atoms with Gasteiger partial charge in [-0.15, -0.1) is 0 Å². The highest BCUT2D eigenvalue weighted by Gasteiger charge is 2.56. The van der Waals surface area contributed by atoms with Crippen molar-refractivity contribution in [1.82, 2.24) is 30.4 Å². The Labute approximate surface area is 380 Å². The molecule has 7 aliphatic rings. The molecule has 13 heteroatoms. The Morgan fingerprint density at radius 1 is 0.785 bits per heavy atom. The lowest BCUT2D eigenvalue weighted by Gasteiger charge is -2.38. The number of nitrogens with zero attached hydrogens (tertiary/aromatic N) is 4. The van der Waals surface area contributed by atoms with Gasteiger partial charge in [-0.2, -0.15) is 0 Å². The van der Waals surface area contributed by atoms with Gasteiger partial charge in [-0.1, -0.05) is 58.0 Å². The number of aromatic nitrogens is 2. The minimum atomic E-state index is -0.684. The molecule has 4 amide bonds. The topological polar surface area (TPSA) is 158 Å². The summed E-state index contributed by atoms with van der Waals surface area (Å²) in [7, 11) is 2.65. The average molecular weight is 878 g/mol. The van der Waals surface area contributed by atoms with Crippen LogP contribution in [-0.2, 0) is 30.9 Å². The molecule has 2 spiro atoms. The number of hydrogen-bond acceptors (Lipinski definition) is 8. The third-order valence-electron chi connectivity index (χ3n) is 16.1. The number of imidazole rings is 1. The molecule has 5 fully saturated rings. The maximum absolute atomic E-state index is 14.2. The maximum atomic E-state index is 14.2.